The molecule has 27 heavy (non-hydrogen) atoms. The zero-order valence-electron chi connectivity index (χ0n) is 18.3. The molecule has 0 heterocycles. The Kier molecular flexibility index (Phi) is 18.5. The highest BCUT2D eigenvalue weighted by molar-refractivity contribution is 6.62. The standard InChI is InChI=1S/C21H43NO4Si/c1-5-9-10-11-12-13-14-15-16-17-18-19-21(22-20-23)27(24-6-2,25-7-3)26-8-4/h21H,5-19H2,1-4H3. The maximum atomic E-state index is 10.9. The minimum Gasteiger partial charge on any atom is -0.372 e. The van der Waals surface area contributed by atoms with Gasteiger partial charge in [0.05, 0.1) is 0 Å². The maximum absolute atomic E-state index is 10.9. The Balaban J connectivity index is 4.20. The molecule has 0 amide bonds. The molecule has 0 aliphatic rings. The maximum Gasteiger partial charge on any atom is 0.527 e. The molecule has 0 saturated carbocycles. The van der Waals surface area contributed by atoms with Crippen LogP contribution in [0.3, 0.4) is 0 Å². The Morgan fingerprint density at radius 2 is 1.11 bits per heavy atom. The van der Waals surface area contributed by atoms with Crippen molar-refractivity contribution in [3.8, 4) is 0 Å². The van der Waals surface area contributed by atoms with Gasteiger partial charge in [-0.2, -0.15) is 4.99 Å². The van der Waals surface area contributed by atoms with Crippen LogP contribution in [0.25, 0.3) is 0 Å². The van der Waals surface area contributed by atoms with Gasteiger partial charge in [-0.05, 0) is 27.2 Å². The van der Waals surface area contributed by atoms with Crippen LogP contribution < -0.4 is 0 Å². The Morgan fingerprint density at radius 3 is 1.48 bits per heavy atom. The van der Waals surface area contributed by atoms with Gasteiger partial charge in [0.15, 0.2) is 0 Å². The van der Waals surface area contributed by atoms with Crippen LogP contribution in [0.15, 0.2) is 4.99 Å². The van der Waals surface area contributed by atoms with Crippen LogP contribution in [0.4, 0.5) is 0 Å². The molecule has 6 heteroatoms. The molecular formula is C21H43NO4Si. The van der Waals surface area contributed by atoms with E-state index in [2.05, 4.69) is 11.9 Å². The van der Waals surface area contributed by atoms with Crippen LogP contribution >= 0.6 is 0 Å². The number of hydrogen-bond acceptors (Lipinski definition) is 5. The van der Waals surface area contributed by atoms with Crippen LogP contribution in [0.1, 0.15) is 105 Å². The summed E-state index contributed by atoms with van der Waals surface area (Å²) in [5, 5.41) is 0. The predicted octanol–water partition coefficient (Wildman–Crippen LogP) is 5.98. The predicted molar refractivity (Wildman–Crippen MR) is 114 cm³/mol. The average Bonchev–Trinajstić information content (AvgIpc) is 2.65. The zero-order valence-corrected chi connectivity index (χ0v) is 19.3. The van der Waals surface area contributed by atoms with Gasteiger partial charge in [0.1, 0.15) is 5.67 Å². The molecule has 0 N–H and O–H groups in total. The Bertz CT molecular complexity index is 358. The number of aliphatic imine (C=N–C) groups is 1. The van der Waals surface area contributed by atoms with Gasteiger partial charge in [-0.3, -0.25) is 0 Å². The van der Waals surface area contributed by atoms with Crippen molar-refractivity contribution in [3.05, 3.63) is 0 Å². The molecular weight excluding hydrogens is 358 g/mol. The average molecular weight is 402 g/mol. The highest BCUT2D eigenvalue weighted by atomic mass is 28.4. The van der Waals surface area contributed by atoms with Crippen LogP contribution in [0.5, 0.6) is 0 Å². The van der Waals surface area contributed by atoms with Crippen molar-refractivity contribution >= 4 is 14.9 Å². The number of hydrogen-bond donors (Lipinski definition) is 0. The normalized spacial score (nSPS) is 12.7. The molecule has 0 aromatic carbocycles. The molecule has 0 aromatic heterocycles. The number of unbranched alkanes of at least 4 members (excludes halogenated alkanes) is 10. The van der Waals surface area contributed by atoms with E-state index in [1.165, 1.54) is 57.8 Å². The molecule has 0 saturated heterocycles. The van der Waals surface area contributed by atoms with Gasteiger partial charge in [-0.25, -0.2) is 4.79 Å². The molecule has 0 aliphatic carbocycles. The van der Waals surface area contributed by atoms with E-state index >= 15 is 0 Å². The lowest BCUT2D eigenvalue weighted by Gasteiger charge is -2.32. The molecule has 0 spiro atoms. The highest BCUT2D eigenvalue weighted by Crippen LogP contribution is 2.23. The first kappa shape index (κ1) is 26.5. The largest absolute Gasteiger partial charge is 0.527 e. The van der Waals surface area contributed by atoms with Crippen LogP contribution in [-0.4, -0.2) is 40.4 Å². The third-order valence-corrected chi connectivity index (χ3v) is 8.04. The van der Waals surface area contributed by atoms with Gasteiger partial charge in [0.25, 0.3) is 0 Å². The molecule has 0 radical (unpaired) electrons. The fraction of sp³-hybridized carbons (Fsp3) is 0.952. The van der Waals surface area contributed by atoms with E-state index in [1.807, 2.05) is 20.8 Å². The Labute approximate surface area is 168 Å². The van der Waals surface area contributed by atoms with Gasteiger partial charge in [-0.15, -0.1) is 0 Å². The molecule has 0 bridgehead atoms. The molecule has 1 atom stereocenters. The minimum absolute atomic E-state index is 0.339. The summed E-state index contributed by atoms with van der Waals surface area (Å²) in [6, 6.07) is 0. The molecule has 0 aliphatic heterocycles. The SMILES string of the molecule is CCCCCCCCCCCCCC(N=C=O)[Si](OCC)(OCC)OCC. The second kappa shape index (κ2) is 18.8. The van der Waals surface area contributed by atoms with Gasteiger partial charge >= 0.3 is 8.80 Å². The zero-order chi connectivity index (χ0) is 20.2. The molecule has 160 valence electrons. The van der Waals surface area contributed by atoms with Crippen molar-refractivity contribution in [2.24, 2.45) is 4.99 Å². The quantitative estimate of drug-likeness (QED) is 0.109. The first-order valence-electron chi connectivity index (χ1n) is 11.2. The summed E-state index contributed by atoms with van der Waals surface area (Å²) in [6.07, 6.45) is 16.7. The molecule has 1 unspecified atom stereocenters. The fourth-order valence-corrected chi connectivity index (χ4v) is 6.21. The van der Waals surface area contributed by atoms with Gasteiger partial charge in [-0.1, -0.05) is 77.6 Å². The van der Waals surface area contributed by atoms with Gasteiger partial charge in [0.2, 0.25) is 6.08 Å². The van der Waals surface area contributed by atoms with Crippen molar-refractivity contribution in [3.63, 3.8) is 0 Å². The summed E-state index contributed by atoms with van der Waals surface area (Å²) in [5.74, 6) is 0. The molecule has 0 aromatic rings. The molecule has 5 nitrogen and oxygen atoms in total. The molecule has 0 fully saturated rings. The Hall–Kier alpha value is -0.523. The van der Waals surface area contributed by atoms with E-state index in [9.17, 15) is 4.79 Å². The van der Waals surface area contributed by atoms with Crippen LogP contribution in [0, 0.1) is 0 Å². The summed E-state index contributed by atoms with van der Waals surface area (Å²) in [6.45, 7) is 9.51. The topological polar surface area (TPSA) is 57.1 Å². The summed E-state index contributed by atoms with van der Waals surface area (Å²) in [5.41, 5.74) is -0.339. The second-order valence-corrected chi connectivity index (χ2v) is 9.70. The van der Waals surface area contributed by atoms with E-state index in [4.69, 9.17) is 13.3 Å². The van der Waals surface area contributed by atoms with Crippen molar-refractivity contribution in [1.29, 1.82) is 0 Å². The first-order valence-corrected chi connectivity index (χ1v) is 13.0. The smallest absolute Gasteiger partial charge is 0.372 e. The lowest BCUT2D eigenvalue weighted by atomic mass is 10.1. The number of carbonyl (C=O) groups excluding carboxylic acids is 1. The molecule has 0 rings (SSSR count). The lowest BCUT2D eigenvalue weighted by molar-refractivity contribution is 0.0613. The van der Waals surface area contributed by atoms with Crippen LogP contribution in [-0.2, 0) is 18.1 Å². The van der Waals surface area contributed by atoms with Gasteiger partial charge < -0.3 is 13.3 Å². The van der Waals surface area contributed by atoms with E-state index < -0.39 is 8.80 Å². The van der Waals surface area contributed by atoms with Crippen molar-refractivity contribution < 1.29 is 18.1 Å². The van der Waals surface area contributed by atoms with Gasteiger partial charge in [0, 0.05) is 19.8 Å². The van der Waals surface area contributed by atoms with E-state index in [0.717, 1.165) is 19.3 Å². The second-order valence-electron chi connectivity index (χ2n) is 6.96. The summed E-state index contributed by atoms with van der Waals surface area (Å²) >= 11 is 0. The highest BCUT2D eigenvalue weighted by Gasteiger charge is 2.49. The fourth-order valence-electron chi connectivity index (χ4n) is 3.40. The summed E-state index contributed by atoms with van der Waals surface area (Å²) in [4.78, 5) is 15.0. The van der Waals surface area contributed by atoms with E-state index in [1.54, 1.807) is 6.08 Å². The minimum atomic E-state index is -2.97. The van der Waals surface area contributed by atoms with Crippen molar-refractivity contribution in [1.82, 2.24) is 0 Å². The Morgan fingerprint density at radius 1 is 0.704 bits per heavy atom. The van der Waals surface area contributed by atoms with Crippen molar-refractivity contribution in [2.75, 3.05) is 19.8 Å². The van der Waals surface area contributed by atoms with Crippen LogP contribution in [0.2, 0.25) is 0 Å². The third kappa shape index (κ3) is 12.5. The monoisotopic (exact) mass is 401 g/mol. The number of rotatable bonds is 20. The van der Waals surface area contributed by atoms with E-state index in [0.29, 0.717) is 19.8 Å². The third-order valence-electron chi connectivity index (χ3n) is 4.73. The lowest BCUT2D eigenvalue weighted by Crippen LogP contribution is -2.55. The first-order chi connectivity index (χ1) is 13.2. The summed E-state index contributed by atoms with van der Waals surface area (Å²) < 4.78 is 17.7. The van der Waals surface area contributed by atoms with E-state index in [-0.39, 0.29) is 5.67 Å². The summed E-state index contributed by atoms with van der Waals surface area (Å²) in [7, 11) is -2.97. The number of nitrogens with zero attached hydrogens (tertiary/aromatic N) is 1. The number of isocyanates is 1. The van der Waals surface area contributed by atoms with Crippen molar-refractivity contribution in [2.45, 2.75) is 110 Å².